The van der Waals surface area contributed by atoms with E-state index in [1.165, 1.54) is 6.07 Å². The van der Waals surface area contributed by atoms with Crippen molar-refractivity contribution in [3.8, 4) is 28.5 Å². The van der Waals surface area contributed by atoms with Gasteiger partial charge in [0.15, 0.2) is 11.5 Å². The van der Waals surface area contributed by atoms with Gasteiger partial charge in [-0.3, -0.25) is 9.59 Å². The van der Waals surface area contributed by atoms with E-state index in [1.807, 2.05) is 19.1 Å². The van der Waals surface area contributed by atoms with Gasteiger partial charge in [0.25, 0.3) is 5.56 Å². The van der Waals surface area contributed by atoms with Crippen molar-refractivity contribution in [2.24, 2.45) is 0 Å². The van der Waals surface area contributed by atoms with Crippen LogP contribution in [-0.4, -0.2) is 29.1 Å². The molecular weight excluding hydrogens is 374 g/mol. The van der Waals surface area contributed by atoms with E-state index in [-0.39, 0.29) is 24.8 Å². The minimum absolute atomic E-state index is 0.176. The van der Waals surface area contributed by atoms with Crippen molar-refractivity contribution in [1.29, 1.82) is 0 Å². The van der Waals surface area contributed by atoms with Crippen LogP contribution in [-0.2, 0) is 11.3 Å². The third kappa shape index (κ3) is 4.06. The summed E-state index contributed by atoms with van der Waals surface area (Å²) in [5.74, 6) is 1.47. The van der Waals surface area contributed by atoms with Gasteiger partial charge in [-0.25, -0.2) is 4.68 Å². The lowest BCUT2D eigenvalue weighted by molar-refractivity contribution is -0.117. The Morgan fingerprint density at radius 3 is 2.83 bits per heavy atom. The third-order valence-corrected chi connectivity index (χ3v) is 4.29. The summed E-state index contributed by atoms with van der Waals surface area (Å²) in [4.78, 5) is 24.7. The van der Waals surface area contributed by atoms with Crippen molar-refractivity contribution >= 4 is 11.6 Å². The standard InChI is InChI=1S/C21H19N3O5/c1-2-27-17-6-4-3-5-16(17)22-20(25)12-24-21(26)10-8-15(23-24)14-7-9-18-19(11-14)29-13-28-18/h3-11H,2,12-13H2,1H3,(H,22,25). The van der Waals surface area contributed by atoms with E-state index in [0.717, 1.165) is 10.2 Å². The van der Waals surface area contributed by atoms with Crippen LogP contribution in [0.15, 0.2) is 59.4 Å². The van der Waals surface area contributed by atoms with E-state index in [9.17, 15) is 9.59 Å². The summed E-state index contributed by atoms with van der Waals surface area (Å²) in [5.41, 5.74) is 1.47. The van der Waals surface area contributed by atoms with Crippen LogP contribution in [0.4, 0.5) is 5.69 Å². The Morgan fingerprint density at radius 2 is 1.97 bits per heavy atom. The van der Waals surface area contributed by atoms with Gasteiger partial charge in [-0.1, -0.05) is 12.1 Å². The van der Waals surface area contributed by atoms with Gasteiger partial charge in [-0.2, -0.15) is 5.10 Å². The zero-order chi connectivity index (χ0) is 20.2. The van der Waals surface area contributed by atoms with E-state index in [2.05, 4.69) is 10.4 Å². The topological polar surface area (TPSA) is 91.7 Å². The van der Waals surface area contributed by atoms with E-state index in [1.54, 1.807) is 36.4 Å². The number of fused-ring (bicyclic) bond motifs is 1. The number of amides is 1. The average Bonchev–Trinajstić information content (AvgIpc) is 3.19. The van der Waals surface area contributed by atoms with Crippen LogP contribution in [0.5, 0.6) is 17.2 Å². The van der Waals surface area contributed by atoms with Gasteiger partial charge < -0.3 is 19.5 Å². The molecule has 3 aromatic rings. The quantitative estimate of drug-likeness (QED) is 0.692. The summed E-state index contributed by atoms with van der Waals surface area (Å²) >= 11 is 0. The minimum Gasteiger partial charge on any atom is -0.492 e. The molecule has 4 rings (SSSR count). The Kier molecular flexibility index (Phi) is 5.15. The number of nitrogens with one attached hydrogen (secondary N) is 1. The number of hydrogen-bond donors (Lipinski definition) is 1. The van der Waals surface area contributed by atoms with Crippen molar-refractivity contribution in [3.05, 3.63) is 65.0 Å². The largest absolute Gasteiger partial charge is 0.492 e. The lowest BCUT2D eigenvalue weighted by atomic mass is 10.1. The molecule has 2 aromatic carbocycles. The Balaban J connectivity index is 1.54. The normalized spacial score (nSPS) is 11.9. The smallest absolute Gasteiger partial charge is 0.267 e. The molecule has 0 saturated carbocycles. The number of aromatic nitrogens is 2. The van der Waals surface area contributed by atoms with Crippen molar-refractivity contribution in [1.82, 2.24) is 9.78 Å². The van der Waals surface area contributed by atoms with Crippen LogP contribution in [0.1, 0.15) is 6.92 Å². The van der Waals surface area contributed by atoms with Crippen molar-refractivity contribution in [3.63, 3.8) is 0 Å². The molecule has 0 radical (unpaired) electrons. The number of carbonyl (C=O) groups is 1. The summed E-state index contributed by atoms with van der Waals surface area (Å²) in [6.45, 7) is 2.29. The van der Waals surface area contributed by atoms with Gasteiger partial charge >= 0.3 is 0 Å². The highest BCUT2D eigenvalue weighted by Gasteiger charge is 2.15. The number of hydrogen-bond acceptors (Lipinski definition) is 6. The van der Waals surface area contributed by atoms with E-state index in [0.29, 0.717) is 35.2 Å². The molecule has 0 unspecified atom stereocenters. The highest BCUT2D eigenvalue weighted by molar-refractivity contribution is 5.92. The second-order valence-electron chi connectivity index (χ2n) is 6.26. The highest BCUT2D eigenvalue weighted by atomic mass is 16.7. The zero-order valence-corrected chi connectivity index (χ0v) is 15.8. The lowest BCUT2D eigenvalue weighted by Crippen LogP contribution is -2.29. The molecule has 2 heterocycles. The molecule has 0 aliphatic carbocycles. The molecule has 1 N–H and O–H groups in total. The molecule has 29 heavy (non-hydrogen) atoms. The second kappa shape index (κ2) is 8.05. The number of anilines is 1. The number of rotatable bonds is 6. The first-order valence-corrected chi connectivity index (χ1v) is 9.14. The average molecular weight is 393 g/mol. The van der Waals surface area contributed by atoms with Crippen molar-refractivity contribution in [2.45, 2.75) is 13.5 Å². The second-order valence-corrected chi connectivity index (χ2v) is 6.26. The fourth-order valence-electron chi connectivity index (χ4n) is 2.95. The summed E-state index contributed by atoms with van der Waals surface area (Å²) in [7, 11) is 0. The summed E-state index contributed by atoms with van der Waals surface area (Å²) in [6, 6.07) is 15.5. The molecule has 0 fully saturated rings. The summed E-state index contributed by atoms with van der Waals surface area (Å²) < 4.78 is 17.3. The first-order chi connectivity index (χ1) is 14.1. The predicted molar refractivity (Wildman–Crippen MR) is 106 cm³/mol. The first-order valence-electron chi connectivity index (χ1n) is 9.14. The van der Waals surface area contributed by atoms with Gasteiger partial charge in [-0.05, 0) is 43.3 Å². The number of carbonyl (C=O) groups excluding carboxylic acids is 1. The number of ether oxygens (including phenoxy) is 3. The van der Waals surface area contributed by atoms with Gasteiger partial charge in [0, 0.05) is 11.6 Å². The van der Waals surface area contributed by atoms with Crippen molar-refractivity contribution in [2.75, 3.05) is 18.7 Å². The molecule has 0 bridgehead atoms. The van der Waals surface area contributed by atoms with Crippen LogP contribution < -0.4 is 25.1 Å². The van der Waals surface area contributed by atoms with E-state index >= 15 is 0 Å². The molecule has 0 saturated heterocycles. The van der Waals surface area contributed by atoms with Crippen LogP contribution in [0.3, 0.4) is 0 Å². The maximum atomic E-state index is 12.5. The van der Waals surface area contributed by atoms with Crippen LogP contribution in [0, 0.1) is 0 Å². The predicted octanol–water partition coefficient (Wildman–Crippen LogP) is 2.68. The van der Waals surface area contributed by atoms with Crippen molar-refractivity contribution < 1.29 is 19.0 Å². The molecular formula is C21H19N3O5. The number of benzene rings is 2. The summed E-state index contributed by atoms with van der Waals surface area (Å²) in [6.07, 6.45) is 0. The molecule has 1 amide bonds. The number of para-hydroxylation sites is 2. The molecule has 1 aromatic heterocycles. The highest BCUT2D eigenvalue weighted by Crippen LogP contribution is 2.35. The van der Waals surface area contributed by atoms with E-state index in [4.69, 9.17) is 14.2 Å². The molecule has 1 aliphatic rings. The summed E-state index contributed by atoms with van der Waals surface area (Å²) in [5, 5.41) is 7.09. The Hall–Kier alpha value is -3.81. The Labute approximate surface area is 166 Å². The molecule has 0 spiro atoms. The van der Waals surface area contributed by atoms with E-state index < -0.39 is 0 Å². The van der Waals surface area contributed by atoms with Gasteiger partial charge in [0.05, 0.1) is 18.0 Å². The van der Waals surface area contributed by atoms with Gasteiger partial charge in [0.1, 0.15) is 12.3 Å². The molecule has 8 heteroatoms. The van der Waals surface area contributed by atoms with Crippen LogP contribution in [0.2, 0.25) is 0 Å². The minimum atomic E-state index is -0.380. The van der Waals surface area contributed by atoms with Crippen LogP contribution >= 0.6 is 0 Å². The monoisotopic (exact) mass is 393 g/mol. The SMILES string of the molecule is CCOc1ccccc1NC(=O)Cn1nc(-c2ccc3c(c2)OCO3)ccc1=O. The fraction of sp³-hybridized carbons (Fsp3) is 0.190. The Morgan fingerprint density at radius 1 is 1.14 bits per heavy atom. The maximum absolute atomic E-state index is 12.5. The molecule has 1 aliphatic heterocycles. The molecule has 0 atom stereocenters. The third-order valence-electron chi connectivity index (χ3n) is 4.29. The Bertz CT molecular complexity index is 1110. The first kappa shape index (κ1) is 18.5. The van der Waals surface area contributed by atoms with Crippen LogP contribution in [0.25, 0.3) is 11.3 Å². The number of nitrogens with zero attached hydrogens (tertiary/aromatic N) is 2. The lowest BCUT2D eigenvalue weighted by Gasteiger charge is -2.12. The zero-order valence-electron chi connectivity index (χ0n) is 15.8. The molecule has 8 nitrogen and oxygen atoms in total. The molecule has 148 valence electrons. The van der Waals surface area contributed by atoms with Gasteiger partial charge in [0.2, 0.25) is 12.7 Å². The van der Waals surface area contributed by atoms with Gasteiger partial charge in [-0.15, -0.1) is 0 Å². The fourth-order valence-corrected chi connectivity index (χ4v) is 2.95. The maximum Gasteiger partial charge on any atom is 0.267 e.